The maximum absolute atomic E-state index is 11.9. The number of hydrogen-bond donors (Lipinski definition) is 1. The highest BCUT2D eigenvalue weighted by Gasteiger charge is 2.08. The number of ether oxygens (including phenoxy) is 2. The lowest BCUT2D eigenvalue weighted by atomic mass is 10.2. The Hall–Kier alpha value is -2.79. The average molecular weight is 332 g/mol. The van der Waals surface area contributed by atoms with Crippen molar-refractivity contribution in [2.75, 3.05) is 7.11 Å². The molecule has 0 aliphatic rings. The molecule has 23 heavy (non-hydrogen) atoms. The molecular weight excluding hydrogens is 318 g/mol. The molecule has 2 aromatic rings. The second-order valence-corrected chi connectivity index (χ2v) is 4.90. The number of carbonyl (C=O) groups excluding carboxylic acids is 1. The Balaban J connectivity index is 2.10. The summed E-state index contributed by atoms with van der Waals surface area (Å²) in [5.74, 6) is 0.0714. The topological polar surface area (TPSA) is 68.1 Å². The lowest BCUT2D eigenvalue weighted by Crippen LogP contribution is -2.05. The van der Waals surface area contributed by atoms with E-state index in [9.17, 15) is 4.79 Å². The van der Waals surface area contributed by atoms with Crippen LogP contribution in [0.25, 0.3) is 6.08 Å². The smallest absolute Gasteiger partial charge is 0.336 e. The molecule has 2 aromatic carbocycles. The molecule has 0 aromatic heterocycles. The summed E-state index contributed by atoms with van der Waals surface area (Å²) in [4.78, 5) is 11.9. The monoisotopic (exact) mass is 331 g/mol. The van der Waals surface area contributed by atoms with Crippen LogP contribution in [0.5, 0.6) is 11.5 Å². The average Bonchev–Trinajstić information content (AvgIpc) is 2.54. The van der Waals surface area contributed by atoms with Gasteiger partial charge >= 0.3 is 5.97 Å². The van der Waals surface area contributed by atoms with Crippen molar-refractivity contribution in [2.24, 2.45) is 5.16 Å². The molecular formula is C17H14ClNO4. The van der Waals surface area contributed by atoms with Gasteiger partial charge in [0, 0.05) is 16.7 Å². The molecule has 0 atom stereocenters. The zero-order valence-electron chi connectivity index (χ0n) is 12.3. The molecule has 5 nitrogen and oxygen atoms in total. The highest BCUT2D eigenvalue weighted by Crippen LogP contribution is 2.27. The number of rotatable bonds is 5. The summed E-state index contributed by atoms with van der Waals surface area (Å²) in [7, 11) is 1.45. The van der Waals surface area contributed by atoms with Gasteiger partial charge in [-0.1, -0.05) is 28.9 Å². The second kappa shape index (κ2) is 8.00. The van der Waals surface area contributed by atoms with Gasteiger partial charge in [0.15, 0.2) is 11.5 Å². The first-order valence-electron chi connectivity index (χ1n) is 6.63. The zero-order valence-corrected chi connectivity index (χ0v) is 13.0. The van der Waals surface area contributed by atoms with E-state index in [1.807, 2.05) is 6.07 Å². The molecule has 0 radical (unpaired) electrons. The first-order chi connectivity index (χ1) is 11.1. The third kappa shape index (κ3) is 4.86. The van der Waals surface area contributed by atoms with E-state index in [1.165, 1.54) is 19.4 Å². The van der Waals surface area contributed by atoms with Crippen molar-refractivity contribution in [1.29, 1.82) is 0 Å². The molecule has 0 aliphatic carbocycles. The van der Waals surface area contributed by atoms with Crippen LogP contribution in [0.15, 0.2) is 53.7 Å². The molecule has 0 amide bonds. The standard InChI is InChI=1S/C17H14ClNO4/c1-22-16-10-13(11-19-21)5-7-15(16)23-17(20)8-6-12-3-2-4-14(18)9-12/h2-11,21H,1H3/b8-6?,19-11+. The highest BCUT2D eigenvalue weighted by atomic mass is 35.5. The van der Waals surface area contributed by atoms with Crippen LogP contribution in [-0.4, -0.2) is 24.5 Å². The zero-order chi connectivity index (χ0) is 16.7. The van der Waals surface area contributed by atoms with E-state index in [0.717, 1.165) is 5.56 Å². The highest BCUT2D eigenvalue weighted by molar-refractivity contribution is 6.30. The molecule has 118 valence electrons. The lowest BCUT2D eigenvalue weighted by molar-refractivity contribution is -0.129. The van der Waals surface area contributed by atoms with Gasteiger partial charge in [-0.15, -0.1) is 0 Å². The molecule has 2 rings (SSSR count). The van der Waals surface area contributed by atoms with Crippen LogP contribution in [0.3, 0.4) is 0 Å². The largest absolute Gasteiger partial charge is 0.493 e. The van der Waals surface area contributed by atoms with Crippen LogP contribution in [-0.2, 0) is 4.79 Å². The van der Waals surface area contributed by atoms with Crippen LogP contribution in [0, 0.1) is 0 Å². The molecule has 6 heteroatoms. The molecule has 0 unspecified atom stereocenters. The summed E-state index contributed by atoms with van der Waals surface area (Å²) in [6.45, 7) is 0. The summed E-state index contributed by atoms with van der Waals surface area (Å²) >= 11 is 5.87. The minimum absolute atomic E-state index is 0.267. The van der Waals surface area contributed by atoms with Gasteiger partial charge in [-0.3, -0.25) is 0 Å². The number of halogens is 1. The van der Waals surface area contributed by atoms with Crippen LogP contribution < -0.4 is 9.47 Å². The van der Waals surface area contributed by atoms with Crippen LogP contribution in [0.4, 0.5) is 0 Å². The normalized spacial score (nSPS) is 11.0. The van der Waals surface area contributed by atoms with Gasteiger partial charge in [-0.25, -0.2) is 4.79 Å². The molecule has 0 fully saturated rings. The second-order valence-electron chi connectivity index (χ2n) is 4.46. The number of benzene rings is 2. The van der Waals surface area contributed by atoms with Crippen molar-refractivity contribution in [2.45, 2.75) is 0 Å². The number of carbonyl (C=O) groups is 1. The number of methoxy groups -OCH3 is 1. The Kier molecular flexibility index (Phi) is 5.77. The quantitative estimate of drug-likeness (QED) is 0.226. The first kappa shape index (κ1) is 16.6. The van der Waals surface area contributed by atoms with Gasteiger partial charge in [-0.2, -0.15) is 0 Å². The SMILES string of the molecule is COc1cc(/C=N/O)ccc1OC(=O)C=Cc1cccc(Cl)c1. The fourth-order valence-electron chi connectivity index (χ4n) is 1.83. The molecule has 0 spiro atoms. The van der Waals surface area contributed by atoms with E-state index in [4.69, 9.17) is 26.3 Å². The fourth-order valence-corrected chi connectivity index (χ4v) is 2.03. The summed E-state index contributed by atoms with van der Waals surface area (Å²) < 4.78 is 10.4. The van der Waals surface area contributed by atoms with Crippen LogP contribution >= 0.6 is 11.6 Å². The summed E-state index contributed by atoms with van der Waals surface area (Å²) in [6.07, 6.45) is 4.15. The minimum atomic E-state index is -0.549. The van der Waals surface area contributed by atoms with Gasteiger partial charge < -0.3 is 14.7 Å². The van der Waals surface area contributed by atoms with Gasteiger partial charge in [0.2, 0.25) is 0 Å². The third-order valence-corrected chi connectivity index (χ3v) is 3.10. The van der Waals surface area contributed by atoms with Crippen molar-refractivity contribution >= 4 is 29.9 Å². The predicted octanol–water partition coefficient (Wildman–Crippen LogP) is 3.78. The summed E-state index contributed by atoms with van der Waals surface area (Å²) in [6, 6.07) is 11.9. The first-order valence-corrected chi connectivity index (χ1v) is 7.01. The van der Waals surface area contributed by atoms with Crippen molar-refractivity contribution in [1.82, 2.24) is 0 Å². The molecule has 0 heterocycles. The maximum Gasteiger partial charge on any atom is 0.336 e. The van der Waals surface area contributed by atoms with Crippen molar-refractivity contribution < 1.29 is 19.5 Å². The van der Waals surface area contributed by atoms with E-state index in [0.29, 0.717) is 16.3 Å². The number of esters is 1. The van der Waals surface area contributed by atoms with Crippen molar-refractivity contribution in [3.05, 3.63) is 64.7 Å². The van der Waals surface area contributed by atoms with Crippen LogP contribution in [0.1, 0.15) is 11.1 Å². The van der Waals surface area contributed by atoms with E-state index < -0.39 is 5.97 Å². The summed E-state index contributed by atoms with van der Waals surface area (Å²) in [5.41, 5.74) is 1.40. The van der Waals surface area contributed by atoms with Crippen molar-refractivity contribution in [3.8, 4) is 11.5 Å². The molecule has 1 N–H and O–H groups in total. The maximum atomic E-state index is 11.9. The Morgan fingerprint density at radius 3 is 2.70 bits per heavy atom. The number of oxime groups is 1. The van der Waals surface area contributed by atoms with Crippen LogP contribution in [0.2, 0.25) is 5.02 Å². The Labute approximate surface area is 138 Å². The Bertz CT molecular complexity index is 756. The lowest BCUT2D eigenvalue weighted by Gasteiger charge is -2.08. The third-order valence-electron chi connectivity index (χ3n) is 2.87. The molecule has 0 bridgehead atoms. The van der Waals surface area contributed by atoms with Gasteiger partial charge in [0.1, 0.15) is 0 Å². The van der Waals surface area contributed by atoms with Gasteiger partial charge in [-0.05, 0) is 42.0 Å². The Morgan fingerprint density at radius 2 is 2.00 bits per heavy atom. The predicted molar refractivity (Wildman–Crippen MR) is 88.5 cm³/mol. The number of nitrogens with zero attached hydrogens (tertiary/aromatic N) is 1. The molecule has 0 aliphatic heterocycles. The molecule has 0 saturated carbocycles. The van der Waals surface area contributed by atoms with Gasteiger partial charge in [0.25, 0.3) is 0 Å². The fraction of sp³-hybridized carbons (Fsp3) is 0.0588. The van der Waals surface area contributed by atoms with Crippen molar-refractivity contribution in [3.63, 3.8) is 0 Å². The van der Waals surface area contributed by atoms with E-state index in [-0.39, 0.29) is 5.75 Å². The number of hydrogen-bond acceptors (Lipinski definition) is 5. The summed E-state index contributed by atoms with van der Waals surface area (Å²) in [5, 5.41) is 12.0. The van der Waals surface area contributed by atoms with E-state index in [2.05, 4.69) is 5.16 Å². The van der Waals surface area contributed by atoms with E-state index >= 15 is 0 Å². The Morgan fingerprint density at radius 1 is 1.17 bits per heavy atom. The van der Waals surface area contributed by atoms with E-state index in [1.54, 1.807) is 42.5 Å². The van der Waals surface area contributed by atoms with Gasteiger partial charge in [0.05, 0.1) is 13.3 Å². The minimum Gasteiger partial charge on any atom is -0.493 e. The molecule has 0 saturated heterocycles.